The molecule has 2 aromatic carbocycles. The van der Waals surface area contributed by atoms with Crippen LogP contribution in [0.3, 0.4) is 0 Å². The van der Waals surface area contributed by atoms with E-state index >= 15 is 0 Å². The topological polar surface area (TPSA) is 111 Å². The number of benzene rings is 2. The van der Waals surface area contributed by atoms with Gasteiger partial charge in [-0.15, -0.1) is 0 Å². The van der Waals surface area contributed by atoms with E-state index in [1.807, 2.05) is 24.3 Å². The van der Waals surface area contributed by atoms with E-state index in [0.717, 1.165) is 17.4 Å². The number of non-ortho nitro benzene ring substituents is 1. The van der Waals surface area contributed by atoms with Crippen molar-refractivity contribution < 1.29 is 22.8 Å². The Kier molecular flexibility index (Phi) is 6.68. The van der Waals surface area contributed by atoms with E-state index in [2.05, 4.69) is 5.32 Å². The Morgan fingerprint density at radius 1 is 1.17 bits per heavy atom. The number of nitrogens with zero attached hydrogens (tertiary/aromatic N) is 2. The quantitative estimate of drug-likeness (QED) is 0.514. The van der Waals surface area contributed by atoms with Gasteiger partial charge in [-0.3, -0.25) is 10.1 Å². The number of rotatable bonds is 8. The standard InChI is InChI=1S/C19H23N3O6S/c1-27-17-5-2-15(3-6-17)8-9-20-18-7-4-16(22(23)24)14-19(18)29(25,26)21-10-12-28-13-11-21/h2-7,14,20H,8-13H2,1H3. The highest BCUT2D eigenvalue weighted by Gasteiger charge is 2.30. The lowest BCUT2D eigenvalue weighted by molar-refractivity contribution is -0.385. The molecule has 1 aliphatic rings. The number of nitrogens with one attached hydrogen (secondary N) is 1. The third-order valence-electron chi connectivity index (χ3n) is 4.65. The van der Waals surface area contributed by atoms with Gasteiger partial charge >= 0.3 is 0 Å². The largest absolute Gasteiger partial charge is 0.497 e. The molecule has 0 spiro atoms. The normalized spacial score (nSPS) is 15.1. The van der Waals surface area contributed by atoms with Crippen molar-refractivity contribution in [3.8, 4) is 5.75 Å². The molecule has 1 heterocycles. The Balaban J connectivity index is 1.80. The molecule has 10 heteroatoms. The van der Waals surface area contributed by atoms with Crippen LogP contribution in [0.1, 0.15) is 5.56 Å². The van der Waals surface area contributed by atoms with Crippen LogP contribution in [0.25, 0.3) is 0 Å². The maximum Gasteiger partial charge on any atom is 0.270 e. The lowest BCUT2D eigenvalue weighted by Gasteiger charge is -2.27. The van der Waals surface area contributed by atoms with Crippen molar-refractivity contribution >= 4 is 21.4 Å². The van der Waals surface area contributed by atoms with Crippen LogP contribution in [-0.2, 0) is 21.2 Å². The smallest absolute Gasteiger partial charge is 0.270 e. The molecule has 0 atom stereocenters. The fraction of sp³-hybridized carbons (Fsp3) is 0.368. The minimum absolute atomic E-state index is 0.0941. The number of morpholine rings is 1. The number of methoxy groups -OCH3 is 1. The molecular formula is C19H23N3O6S. The third-order valence-corrected chi connectivity index (χ3v) is 6.59. The summed E-state index contributed by atoms with van der Waals surface area (Å²) in [6, 6.07) is 11.4. The van der Waals surface area contributed by atoms with Gasteiger partial charge in [0.1, 0.15) is 10.6 Å². The molecular weight excluding hydrogens is 398 g/mol. The van der Waals surface area contributed by atoms with Gasteiger partial charge in [-0.05, 0) is 30.2 Å². The molecule has 0 amide bonds. The fourth-order valence-corrected chi connectivity index (χ4v) is 4.64. The fourth-order valence-electron chi connectivity index (χ4n) is 3.04. The first-order valence-corrected chi connectivity index (χ1v) is 10.6. The van der Waals surface area contributed by atoms with Gasteiger partial charge in [0.15, 0.2) is 0 Å². The van der Waals surface area contributed by atoms with Crippen molar-refractivity contribution in [3.05, 3.63) is 58.1 Å². The SMILES string of the molecule is COc1ccc(CCNc2ccc([N+](=O)[O-])cc2S(=O)(=O)N2CCOCC2)cc1. The van der Waals surface area contributed by atoms with Crippen molar-refractivity contribution in [1.29, 1.82) is 0 Å². The molecule has 156 valence electrons. The van der Waals surface area contributed by atoms with E-state index < -0.39 is 14.9 Å². The minimum Gasteiger partial charge on any atom is -0.497 e. The Morgan fingerprint density at radius 2 is 1.86 bits per heavy atom. The second-order valence-electron chi connectivity index (χ2n) is 6.48. The molecule has 0 unspecified atom stereocenters. The molecule has 1 N–H and O–H groups in total. The van der Waals surface area contributed by atoms with Crippen molar-refractivity contribution in [2.45, 2.75) is 11.3 Å². The molecule has 3 rings (SSSR count). The van der Waals surface area contributed by atoms with Crippen LogP contribution < -0.4 is 10.1 Å². The summed E-state index contributed by atoms with van der Waals surface area (Å²) in [6.45, 7) is 1.51. The van der Waals surface area contributed by atoms with Crippen molar-refractivity contribution in [2.24, 2.45) is 0 Å². The van der Waals surface area contributed by atoms with Crippen LogP contribution in [-0.4, -0.2) is 57.6 Å². The third kappa shape index (κ3) is 5.03. The average molecular weight is 421 g/mol. The predicted octanol–water partition coefficient (Wildman–Crippen LogP) is 2.28. The molecule has 9 nitrogen and oxygen atoms in total. The van der Waals surface area contributed by atoms with Gasteiger partial charge in [0.25, 0.3) is 5.69 Å². The predicted molar refractivity (Wildman–Crippen MR) is 108 cm³/mol. The molecule has 1 aliphatic heterocycles. The zero-order chi connectivity index (χ0) is 20.9. The van der Waals surface area contributed by atoms with Crippen molar-refractivity contribution in [2.75, 3.05) is 45.3 Å². The molecule has 0 saturated carbocycles. The maximum atomic E-state index is 13.1. The average Bonchev–Trinajstić information content (AvgIpc) is 2.75. The summed E-state index contributed by atoms with van der Waals surface area (Å²) in [4.78, 5) is 10.5. The number of nitro groups is 1. The number of ether oxygens (including phenoxy) is 2. The number of anilines is 1. The molecule has 0 aliphatic carbocycles. The summed E-state index contributed by atoms with van der Waals surface area (Å²) in [6.07, 6.45) is 0.651. The minimum atomic E-state index is -3.88. The van der Waals surface area contributed by atoms with Crippen LogP contribution in [0.15, 0.2) is 47.4 Å². The zero-order valence-electron chi connectivity index (χ0n) is 16.0. The molecule has 0 bridgehead atoms. The maximum absolute atomic E-state index is 13.1. The lowest BCUT2D eigenvalue weighted by Crippen LogP contribution is -2.40. The molecule has 1 saturated heterocycles. The van der Waals surface area contributed by atoms with Gasteiger partial charge in [-0.1, -0.05) is 12.1 Å². The molecule has 2 aromatic rings. The van der Waals surface area contributed by atoms with E-state index in [1.54, 1.807) is 7.11 Å². The van der Waals surface area contributed by atoms with Gasteiger partial charge < -0.3 is 14.8 Å². The van der Waals surface area contributed by atoms with Crippen LogP contribution >= 0.6 is 0 Å². The van der Waals surface area contributed by atoms with E-state index in [9.17, 15) is 18.5 Å². The number of sulfonamides is 1. The second kappa shape index (κ2) is 9.21. The Labute approximate surface area is 169 Å². The van der Waals surface area contributed by atoms with Crippen LogP contribution in [0.5, 0.6) is 5.75 Å². The first-order chi connectivity index (χ1) is 13.9. The number of hydrogen-bond acceptors (Lipinski definition) is 7. The summed E-state index contributed by atoms with van der Waals surface area (Å²) in [5, 5.41) is 14.3. The molecule has 29 heavy (non-hydrogen) atoms. The summed E-state index contributed by atoms with van der Waals surface area (Å²) >= 11 is 0. The van der Waals surface area contributed by atoms with E-state index in [4.69, 9.17) is 9.47 Å². The summed E-state index contributed by atoms with van der Waals surface area (Å²) in [5.41, 5.74) is 1.13. The highest BCUT2D eigenvalue weighted by atomic mass is 32.2. The summed E-state index contributed by atoms with van der Waals surface area (Å²) < 4.78 is 37.8. The van der Waals surface area contributed by atoms with Gasteiger partial charge in [0.2, 0.25) is 10.0 Å². The molecule has 0 radical (unpaired) electrons. The van der Waals surface area contributed by atoms with Gasteiger partial charge in [-0.2, -0.15) is 4.31 Å². The van der Waals surface area contributed by atoms with E-state index in [-0.39, 0.29) is 23.7 Å². The van der Waals surface area contributed by atoms with Gasteiger partial charge in [-0.25, -0.2) is 8.42 Å². The zero-order valence-corrected chi connectivity index (χ0v) is 16.9. The molecule has 0 aromatic heterocycles. The second-order valence-corrected chi connectivity index (χ2v) is 8.39. The van der Waals surface area contributed by atoms with Crippen molar-refractivity contribution in [1.82, 2.24) is 4.31 Å². The summed E-state index contributed by atoms with van der Waals surface area (Å²) in [7, 11) is -2.28. The first kappa shape index (κ1) is 21.0. The molecule has 1 fully saturated rings. The van der Waals surface area contributed by atoms with Crippen LogP contribution in [0.2, 0.25) is 0 Å². The number of nitro benzene ring substituents is 1. The lowest BCUT2D eigenvalue weighted by atomic mass is 10.1. The first-order valence-electron chi connectivity index (χ1n) is 9.15. The van der Waals surface area contributed by atoms with Crippen molar-refractivity contribution in [3.63, 3.8) is 0 Å². The highest BCUT2D eigenvalue weighted by molar-refractivity contribution is 7.89. The Morgan fingerprint density at radius 3 is 2.48 bits per heavy atom. The highest BCUT2D eigenvalue weighted by Crippen LogP contribution is 2.29. The van der Waals surface area contributed by atoms with Gasteiger partial charge in [0.05, 0.1) is 30.9 Å². The van der Waals surface area contributed by atoms with Crippen LogP contribution in [0.4, 0.5) is 11.4 Å². The number of hydrogen-bond donors (Lipinski definition) is 1. The van der Waals surface area contributed by atoms with E-state index in [1.165, 1.54) is 16.4 Å². The van der Waals surface area contributed by atoms with Gasteiger partial charge in [0, 0.05) is 31.8 Å². The monoisotopic (exact) mass is 421 g/mol. The summed E-state index contributed by atoms with van der Waals surface area (Å²) in [5.74, 6) is 0.760. The Hall–Kier alpha value is -2.69. The Bertz CT molecular complexity index is 956. The van der Waals surface area contributed by atoms with E-state index in [0.29, 0.717) is 31.9 Å². The van der Waals surface area contributed by atoms with Crippen LogP contribution in [0, 0.1) is 10.1 Å².